The topological polar surface area (TPSA) is 61.4 Å². The molecular formula is C58H36N6. The molecule has 0 bridgehead atoms. The zero-order chi connectivity index (χ0) is 42.1. The van der Waals surface area contributed by atoms with Gasteiger partial charge in [-0.15, -0.1) is 0 Å². The third-order valence-corrected chi connectivity index (χ3v) is 12.5. The molecule has 0 fully saturated rings. The highest BCUT2D eigenvalue weighted by Gasteiger charge is 2.26. The minimum absolute atomic E-state index is 0.750. The molecule has 0 saturated heterocycles. The summed E-state index contributed by atoms with van der Waals surface area (Å²) in [6.45, 7) is 0. The Hall–Kier alpha value is -8.74. The lowest BCUT2D eigenvalue weighted by Gasteiger charge is -2.17. The maximum absolute atomic E-state index is 5.57. The molecule has 6 heteroatoms. The molecule has 0 unspecified atom stereocenters. The molecule has 0 aliphatic rings. The summed E-state index contributed by atoms with van der Waals surface area (Å²) in [5.74, 6) is 1.50. The van der Waals surface area contributed by atoms with Gasteiger partial charge in [-0.3, -0.25) is 9.13 Å². The van der Waals surface area contributed by atoms with E-state index in [0.29, 0.717) is 0 Å². The van der Waals surface area contributed by atoms with E-state index >= 15 is 0 Å². The van der Waals surface area contributed by atoms with Gasteiger partial charge in [-0.05, 0) is 70.8 Å². The molecule has 0 atom stereocenters. The molecule has 298 valence electrons. The molecule has 13 rings (SSSR count). The van der Waals surface area contributed by atoms with Crippen molar-refractivity contribution in [1.82, 2.24) is 29.1 Å². The summed E-state index contributed by atoms with van der Waals surface area (Å²) in [5, 5.41) is 4.45. The Labute approximate surface area is 368 Å². The van der Waals surface area contributed by atoms with Crippen molar-refractivity contribution in [3.8, 4) is 56.4 Å². The number of benzene rings is 9. The van der Waals surface area contributed by atoms with Crippen LogP contribution in [0.4, 0.5) is 0 Å². The van der Waals surface area contributed by atoms with E-state index in [0.717, 1.165) is 122 Å². The summed E-state index contributed by atoms with van der Waals surface area (Å²) in [4.78, 5) is 22.1. The molecule has 9 aromatic carbocycles. The van der Waals surface area contributed by atoms with Gasteiger partial charge in [-0.1, -0.05) is 170 Å². The molecule has 0 aliphatic heterocycles. The second-order valence-electron chi connectivity index (χ2n) is 16.2. The summed E-state index contributed by atoms with van der Waals surface area (Å²) in [6, 6.07) is 76.5. The summed E-state index contributed by atoms with van der Waals surface area (Å²) in [6.07, 6.45) is 0. The first-order chi connectivity index (χ1) is 31.7. The minimum atomic E-state index is 0.750. The fourth-order valence-corrected chi connectivity index (χ4v) is 9.57. The van der Waals surface area contributed by atoms with E-state index < -0.39 is 0 Å². The Morgan fingerprint density at radius 3 is 1.03 bits per heavy atom. The van der Waals surface area contributed by atoms with Crippen LogP contribution in [0.25, 0.3) is 122 Å². The first-order valence-electron chi connectivity index (χ1n) is 21.6. The van der Waals surface area contributed by atoms with Gasteiger partial charge in [0, 0.05) is 32.7 Å². The first kappa shape index (κ1) is 36.0. The van der Waals surface area contributed by atoms with Crippen molar-refractivity contribution in [2.45, 2.75) is 0 Å². The van der Waals surface area contributed by atoms with Crippen LogP contribution in [0, 0.1) is 0 Å². The van der Waals surface area contributed by atoms with Gasteiger partial charge >= 0.3 is 0 Å². The van der Waals surface area contributed by atoms with Crippen LogP contribution in [0.1, 0.15) is 0 Å². The predicted molar refractivity (Wildman–Crippen MR) is 263 cm³/mol. The van der Waals surface area contributed by atoms with Crippen LogP contribution in [0.3, 0.4) is 0 Å². The molecule has 0 amide bonds. The normalized spacial score (nSPS) is 11.8. The van der Waals surface area contributed by atoms with E-state index in [4.69, 9.17) is 19.9 Å². The van der Waals surface area contributed by atoms with Crippen molar-refractivity contribution < 1.29 is 0 Å². The SMILES string of the molecule is c1ccc(-c2cccc(-c3nc4ccccc4nc3-n3c4ccccc4c4ccc5c6ccccc6n(-c6nc7ccccc7nc6-c6cccc(-c7ccccc7)c6)c5c43)c2)cc1. The molecular weight excluding hydrogens is 781 g/mol. The third kappa shape index (κ3) is 5.66. The van der Waals surface area contributed by atoms with Gasteiger partial charge in [0.15, 0.2) is 11.6 Å². The van der Waals surface area contributed by atoms with Crippen LogP contribution in [0.15, 0.2) is 218 Å². The van der Waals surface area contributed by atoms with Crippen molar-refractivity contribution in [2.24, 2.45) is 0 Å². The highest BCUT2D eigenvalue weighted by Crippen LogP contribution is 2.44. The van der Waals surface area contributed by atoms with Crippen LogP contribution in [0.5, 0.6) is 0 Å². The van der Waals surface area contributed by atoms with Crippen LogP contribution < -0.4 is 0 Å². The monoisotopic (exact) mass is 816 g/mol. The molecule has 0 radical (unpaired) electrons. The maximum atomic E-state index is 5.57. The van der Waals surface area contributed by atoms with Crippen LogP contribution in [-0.2, 0) is 0 Å². The first-order valence-corrected chi connectivity index (χ1v) is 21.6. The van der Waals surface area contributed by atoms with Crippen molar-refractivity contribution in [3.05, 3.63) is 218 Å². The van der Waals surface area contributed by atoms with Crippen LogP contribution in [0.2, 0.25) is 0 Å². The second-order valence-corrected chi connectivity index (χ2v) is 16.2. The van der Waals surface area contributed by atoms with Crippen LogP contribution >= 0.6 is 0 Å². The molecule has 0 N–H and O–H groups in total. The van der Waals surface area contributed by atoms with Gasteiger partial charge in [0.1, 0.15) is 11.4 Å². The van der Waals surface area contributed by atoms with Gasteiger partial charge in [-0.2, -0.15) is 0 Å². The average Bonchev–Trinajstić information content (AvgIpc) is 3.89. The van der Waals surface area contributed by atoms with E-state index in [-0.39, 0.29) is 0 Å². The number of nitrogens with zero attached hydrogens (tertiary/aromatic N) is 6. The predicted octanol–water partition coefficient (Wildman–Crippen LogP) is 14.4. The largest absolute Gasteiger partial charge is 0.290 e. The lowest BCUT2D eigenvalue weighted by atomic mass is 10.0. The molecule has 4 heterocycles. The quantitative estimate of drug-likeness (QED) is 0.168. The van der Waals surface area contributed by atoms with Gasteiger partial charge in [0.25, 0.3) is 0 Å². The minimum Gasteiger partial charge on any atom is -0.290 e. The lowest BCUT2D eigenvalue weighted by Crippen LogP contribution is -2.07. The van der Waals surface area contributed by atoms with Crippen molar-refractivity contribution in [2.75, 3.05) is 0 Å². The Morgan fingerprint density at radius 2 is 0.594 bits per heavy atom. The van der Waals surface area contributed by atoms with E-state index in [1.165, 1.54) is 0 Å². The number of rotatable bonds is 6. The van der Waals surface area contributed by atoms with E-state index in [1.54, 1.807) is 0 Å². The van der Waals surface area contributed by atoms with Gasteiger partial charge in [0.05, 0.1) is 44.1 Å². The maximum Gasteiger partial charge on any atom is 0.165 e. The van der Waals surface area contributed by atoms with E-state index in [1.807, 2.05) is 36.4 Å². The summed E-state index contributed by atoms with van der Waals surface area (Å²) >= 11 is 0. The van der Waals surface area contributed by atoms with E-state index in [2.05, 4.69) is 191 Å². The highest BCUT2D eigenvalue weighted by atomic mass is 15.1. The summed E-state index contributed by atoms with van der Waals surface area (Å²) in [7, 11) is 0. The van der Waals surface area contributed by atoms with Gasteiger partial charge < -0.3 is 0 Å². The van der Waals surface area contributed by atoms with Gasteiger partial charge in [0.2, 0.25) is 0 Å². The Kier molecular flexibility index (Phi) is 8.11. The molecule has 13 aromatic rings. The van der Waals surface area contributed by atoms with Crippen molar-refractivity contribution in [3.63, 3.8) is 0 Å². The molecule has 0 spiro atoms. The Bertz CT molecular complexity index is 3700. The number of aromatic nitrogens is 6. The third-order valence-electron chi connectivity index (χ3n) is 12.5. The fraction of sp³-hybridized carbons (Fsp3) is 0. The molecule has 4 aromatic heterocycles. The molecule has 0 saturated carbocycles. The molecule has 64 heavy (non-hydrogen) atoms. The Morgan fingerprint density at radius 1 is 0.250 bits per heavy atom. The average molecular weight is 817 g/mol. The zero-order valence-corrected chi connectivity index (χ0v) is 34.5. The summed E-state index contributed by atoms with van der Waals surface area (Å²) in [5.41, 5.74) is 15.5. The number of fused-ring (bicyclic) bond motifs is 9. The number of hydrogen-bond donors (Lipinski definition) is 0. The molecule has 6 nitrogen and oxygen atoms in total. The fourth-order valence-electron chi connectivity index (χ4n) is 9.57. The smallest absolute Gasteiger partial charge is 0.165 e. The Balaban J connectivity index is 1.18. The number of hydrogen-bond acceptors (Lipinski definition) is 4. The van der Waals surface area contributed by atoms with E-state index in [9.17, 15) is 0 Å². The zero-order valence-electron chi connectivity index (χ0n) is 34.5. The standard InChI is InChI=1S/C58H36N6/c1-3-17-37(18-4-1)39-21-15-23-41(35-39)53-57(61-49-29-11-9-27-47(49)59-53)63-51-31-13-7-25-43(51)45-33-34-46-44-26-8-14-32-52(44)64(56(46)55(45)63)58-54(60-48-28-10-12-30-50(48)62-58)42-24-16-22-40(36-42)38-19-5-2-6-20-38/h1-36H. The van der Waals surface area contributed by atoms with Gasteiger partial charge in [-0.25, -0.2) is 19.9 Å². The molecule has 0 aliphatic carbocycles. The lowest BCUT2D eigenvalue weighted by molar-refractivity contribution is 1.06. The van der Waals surface area contributed by atoms with Crippen molar-refractivity contribution >= 4 is 65.7 Å². The van der Waals surface area contributed by atoms with Crippen molar-refractivity contribution in [1.29, 1.82) is 0 Å². The highest BCUT2D eigenvalue weighted by molar-refractivity contribution is 6.24. The van der Waals surface area contributed by atoms with Crippen LogP contribution in [-0.4, -0.2) is 29.1 Å². The second kappa shape index (κ2) is 14.4. The number of para-hydroxylation sites is 6. The summed E-state index contributed by atoms with van der Waals surface area (Å²) < 4.78 is 4.69.